The third-order valence-corrected chi connectivity index (χ3v) is 4.43. The van der Waals surface area contributed by atoms with Crippen molar-refractivity contribution >= 4 is 17.5 Å². The van der Waals surface area contributed by atoms with Gasteiger partial charge < -0.3 is 20.4 Å². The van der Waals surface area contributed by atoms with Crippen molar-refractivity contribution in [3.8, 4) is 0 Å². The smallest absolute Gasteiger partial charge is 0.222 e. The summed E-state index contributed by atoms with van der Waals surface area (Å²) < 4.78 is 0. The fourth-order valence-electron chi connectivity index (χ4n) is 3.12. The van der Waals surface area contributed by atoms with Crippen LogP contribution in [0.1, 0.15) is 19.8 Å². The van der Waals surface area contributed by atoms with Gasteiger partial charge in [-0.1, -0.05) is 0 Å². The average molecular weight is 276 g/mol. The molecule has 2 aliphatic rings. The molecule has 0 saturated carbocycles. The number of nitrogens with two attached hydrogens (primary N) is 1. The SMILES string of the molecule is C[C@H]1CCCN1c1cnc(N)nc1N1CCN(C)CC1. The molecule has 20 heavy (non-hydrogen) atoms. The van der Waals surface area contributed by atoms with Crippen LogP contribution in [0.4, 0.5) is 17.5 Å². The minimum Gasteiger partial charge on any atom is -0.368 e. The number of nitrogens with zero attached hydrogens (tertiary/aromatic N) is 5. The highest BCUT2D eigenvalue weighted by molar-refractivity contribution is 5.68. The van der Waals surface area contributed by atoms with E-state index in [1.807, 2.05) is 6.20 Å². The maximum Gasteiger partial charge on any atom is 0.222 e. The first-order chi connectivity index (χ1) is 9.65. The molecule has 1 atom stereocenters. The van der Waals surface area contributed by atoms with Crippen LogP contribution in [0.2, 0.25) is 0 Å². The summed E-state index contributed by atoms with van der Waals surface area (Å²) in [6.45, 7) is 7.51. The third-order valence-electron chi connectivity index (χ3n) is 4.43. The second-order valence-electron chi connectivity index (χ2n) is 5.91. The zero-order chi connectivity index (χ0) is 14.1. The molecule has 0 unspecified atom stereocenters. The van der Waals surface area contributed by atoms with Crippen molar-refractivity contribution in [3.63, 3.8) is 0 Å². The molecule has 110 valence electrons. The van der Waals surface area contributed by atoms with Crippen molar-refractivity contribution in [1.29, 1.82) is 0 Å². The Bertz CT molecular complexity index is 469. The molecule has 2 fully saturated rings. The van der Waals surface area contributed by atoms with E-state index in [9.17, 15) is 0 Å². The molecule has 0 spiro atoms. The van der Waals surface area contributed by atoms with Gasteiger partial charge in [-0.15, -0.1) is 0 Å². The summed E-state index contributed by atoms with van der Waals surface area (Å²) in [5, 5.41) is 0. The number of likely N-dealkylation sites (N-methyl/N-ethyl adjacent to an activating group) is 1. The van der Waals surface area contributed by atoms with Gasteiger partial charge in [-0.25, -0.2) is 4.98 Å². The van der Waals surface area contributed by atoms with E-state index in [1.54, 1.807) is 0 Å². The van der Waals surface area contributed by atoms with Crippen LogP contribution >= 0.6 is 0 Å². The molecule has 2 saturated heterocycles. The van der Waals surface area contributed by atoms with Crippen LogP contribution in [0, 0.1) is 0 Å². The molecule has 6 heteroatoms. The van der Waals surface area contributed by atoms with Crippen LogP contribution < -0.4 is 15.5 Å². The first-order valence-corrected chi connectivity index (χ1v) is 7.48. The number of hydrogen-bond donors (Lipinski definition) is 1. The van der Waals surface area contributed by atoms with E-state index in [-0.39, 0.29) is 0 Å². The third kappa shape index (κ3) is 2.52. The molecule has 6 nitrogen and oxygen atoms in total. The molecule has 0 amide bonds. The first kappa shape index (κ1) is 13.4. The lowest BCUT2D eigenvalue weighted by atomic mass is 10.2. The van der Waals surface area contributed by atoms with E-state index in [0.29, 0.717) is 12.0 Å². The molecular formula is C14H24N6. The summed E-state index contributed by atoms with van der Waals surface area (Å²) in [6, 6.07) is 0.563. The van der Waals surface area contributed by atoms with Crippen LogP contribution in [-0.2, 0) is 0 Å². The van der Waals surface area contributed by atoms with Gasteiger partial charge in [0.1, 0.15) is 0 Å². The van der Waals surface area contributed by atoms with Crippen LogP contribution in [0.3, 0.4) is 0 Å². The predicted molar refractivity (Wildman–Crippen MR) is 82.2 cm³/mol. The molecular weight excluding hydrogens is 252 g/mol. The Labute approximate surface area is 120 Å². The standard InChI is InChI=1S/C14H24N6/c1-11-4-3-5-20(11)12-10-16-14(15)17-13(12)19-8-6-18(2)7-9-19/h10-11H,3-9H2,1-2H3,(H2,15,16,17)/t11-/m0/s1. The Kier molecular flexibility index (Phi) is 3.65. The summed E-state index contributed by atoms with van der Waals surface area (Å²) in [5.74, 6) is 1.38. The van der Waals surface area contributed by atoms with Gasteiger partial charge in [-0.3, -0.25) is 0 Å². The molecule has 3 heterocycles. The van der Waals surface area contributed by atoms with E-state index in [0.717, 1.165) is 44.2 Å². The van der Waals surface area contributed by atoms with E-state index in [2.05, 4.69) is 38.6 Å². The quantitative estimate of drug-likeness (QED) is 0.862. The molecule has 1 aromatic heterocycles. The number of piperazine rings is 1. The van der Waals surface area contributed by atoms with Crippen molar-refractivity contribution in [2.45, 2.75) is 25.8 Å². The van der Waals surface area contributed by atoms with Crippen molar-refractivity contribution in [2.75, 3.05) is 55.3 Å². The first-order valence-electron chi connectivity index (χ1n) is 7.48. The van der Waals surface area contributed by atoms with Gasteiger partial charge >= 0.3 is 0 Å². The Morgan fingerprint density at radius 3 is 2.60 bits per heavy atom. The van der Waals surface area contributed by atoms with Crippen molar-refractivity contribution in [2.24, 2.45) is 0 Å². The largest absolute Gasteiger partial charge is 0.368 e. The summed E-state index contributed by atoms with van der Waals surface area (Å²) in [5.41, 5.74) is 6.96. The number of rotatable bonds is 2. The van der Waals surface area contributed by atoms with Gasteiger partial charge in [-0.05, 0) is 26.8 Å². The van der Waals surface area contributed by atoms with Gasteiger partial charge in [0, 0.05) is 38.8 Å². The number of nitrogen functional groups attached to an aromatic ring is 1. The Morgan fingerprint density at radius 2 is 1.95 bits per heavy atom. The van der Waals surface area contributed by atoms with Gasteiger partial charge in [0.15, 0.2) is 5.82 Å². The molecule has 0 aromatic carbocycles. The summed E-state index contributed by atoms with van der Waals surface area (Å²) in [6.07, 6.45) is 4.39. The highest BCUT2D eigenvalue weighted by Gasteiger charge is 2.27. The topological polar surface area (TPSA) is 61.5 Å². The fourth-order valence-corrected chi connectivity index (χ4v) is 3.12. The van der Waals surface area contributed by atoms with E-state index < -0.39 is 0 Å². The van der Waals surface area contributed by atoms with Gasteiger partial charge in [0.05, 0.1) is 11.9 Å². The number of anilines is 3. The van der Waals surface area contributed by atoms with Crippen LogP contribution in [0.5, 0.6) is 0 Å². The van der Waals surface area contributed by atoms with Gasteiger partial charge in [-0.2, -0.15) is 4.98 Å². The van der Waals surface area contributed by atoms with Gasteiger partial charge in [0.25, 0.3) is 0 Å². The maximum absolute atomic E-state index is 5.82. The molecule has 2 aliphatic heterocycles. The zero-order valence-corrected chi connectivity index (χ0v) is 12.4. The monoisotopic (exact) mass is 276 g/mol. The van der Waals surface area contributed by atoms with Crippen LogP contribution in [0.25, 0.3) is 0 Å². The molecule has 3 rings (SSSR count). The summed E-state index contributed by atoms with van der Waals surface area (Å²) in [4.78, 5) is 15.9. The van der Waals surface area contributed by atoms with Gasteiger partial charge in [0.2, 0.25) is 5.95 Å². The van der Waals surface area contributed by atoms with Crippen LogP contribution in [-0.4, -0.2) is 60.7 Å². The Hall–Kier alpha value is -1.56. The van der Waals surface area contributed by atoms with E-state index in [1.165, 1.54) is 12.8 Å². The number of aromatic nitrogens is 2. The minimum absolute atomic E-state index is 0.370. The highest BCUT2D eigenvalue weighted by atomic mass is 15.3. The maximum atomic E-state index is 5.82. The second kappa shape index (κ2) is 5.44. The second-order valence-corrected chi connectivity index (χ2v) is 5.91. The summed E-state index contributed by atoms with van der Waals surface area (Å²) in [7, 11) is 2.16. The Morgan fingerprint density at radius 1 is 1.20 bits per heavy atom. The molecule has 2 N–H and O–H groups in total. The number of hydrogen-bond acceptors (Lipinski definition) is 6. The van der Waals surface area contributed by atoms with Crippen molar-refractivity contribution < 1.29 is 0 Å². The molecule has 1 aromatic rings. The van der Waals surface area contributed by atoms with E-state index in [4.69, 9.17) is 5.73 Å². The van der Waals surface area contributed by atoms with Crippen molar-refractivity contribution in [3.05, 3.63) is 6.20 Å². The minimum atomic E-state index is 0.370. The van der Waals surface area contributed by atoms with Crippen molar-refractivity contribution in [1.82, 2.24) is 14.9 Å². The molecule has 0 aliphatic carbocycles. The highest BCUT2D eigenvalue weighted by Crippen LogP contribution is 2.33. The Balaban J connectivity index is 1.90. The normalized spacial score (nSPS) is 24.4. The lowest BCUT2D eigenvalue weighted by Gasteiger charge is -2.36. The zero-order valence-electron chi connectivity index (χ0n) is 12.4. The molecule has 0 bridgehead atoms. The fraction of sp³-hybridized carbons (Fsp3) is 0.714. The average Bonchev–Trinajstić information content (AvgIpc) is 2.86. The predicted octanol–water partition coefficient (Wildman–Crippen LogP) is 0.799. The van der Waals surface area contributed by atoms with Crippen LogP contribution in [0.15, 0.2) is 6.20 Å². The lowest BCUT2D eigenvalue weighted by molar-refractivity contribution is 0.312. The lowest BCUT2D eigenvalue weighted by Crippen LogP contribution is -2.45. The molecule has 0 radical (unpaired) electrons. The van der Waals surface area contributed by atoms with E-state index >= 15 is 0 Å². The summed E-state index contributed by atoms with van der Waals surface area (Å²) >= 11 is 0.